The van der Waals surface area contributed by atoms with Crippen LogP contribution < -0.4 is 0 Å². The van der Waals surface area contributed by atoms with Crippen molar-refractivity contribution < 1.29 is 18.3 Å². The van der Waals surface area contributed by atoms with Crippen molar-refractivity contribution in [2.24, 2.45) is 0 Å². The number of nitrogens with one attached hydrogen (secondary N) is 1. The molecule has 1 heterocycles. The number of aromatic nitrogens is 2. The second-order valence-corrected chi connectivity index (χ2v) is 4.95. The van der Waals surface area contributed by atoms with E-state index in [9.17, 15) is 13.2 Å². The fraction of sp³-hybridized carbons (Fsp3) is 0.429. The van der Waals surface area contributed by atoms with Crippen molar-refractivity contribution in [3.63, 3.8) is 0 Å². The highest BCUT2D eigenvalue weighted by Gasteiger charge is 2.21. The molecule has 1 aromatic rings. The molecule has 1 rings (SSSR count). The van der Waals surface area contributed by atoms with Crippen LogP contribution in [-0.4, -0.2) is 47.6 Å². The third kappa shape index (κ3) is 2.77. The third-order valence-corrected chi connectivity index (χ3v) is 3.64. The van der Waals surface area contributed by atoms with E-state index < -0.39 is 16.0 Å². The summed E-state index contributed by atoms with van der Waals surface area (Å²) in [6.07, 6.45) is 2.19. The maximum atomic E-state index is 11.7. The lowest BCUT2D eigenvalue weighted by atomic mass is 10.4. The Labute approximate surface area is 86.8 Å². The zero-order valence-electron chi connectivity index (χ0n) is 8.04. The lowest BCUT2D eigenvalue weighted by molar-refractivity contribution is -0.137. The predicted molar refractivity (Wildman–Crippen MR) is 50.7 cm³/mol. The molecular weight excluding hydrogens is 222 g/mol. The van der Waals surface area contributed by atoms with Crippen molar-refractivity contribution in [2.45, 2.75) is 11.3 Å². The molecular formula is C7H11N3O4S. The first kappa shape index (κ1) is 11.7. The average molecular weight is 233 g/mol. The van der Waals surface area contributed by atoms with Gasteiger partial charge in [-0.15, -0.1) is 0 Å². The van der Waals surface area contributed by atoms with Crippen molar-refractivity contribution in [1.29, 1.82) is 0 Å². The van der Waals surface area contributed by atoms with Crippen molar-refractivity contribution in [3.8, 4) is 0 Å². The SMILES string of the molecule is CN(CCC(=O)O)S(=O)(=O)c1cn[nH]c1. The molecule has 0 saturated heterocycles. The fourth-order valence-corrected chi connectivity index (χ4v) is 2.01. The third-order valence-electron chi connectivity index (χ3n) is 1.82. The van der Waals surface area contributed by atoms with E-state index in [0.717, 1.165) is 4.31 Å². The topological polar surface area (TPSA) is 103 Å². The van der Waals surface area contributed by atoms with Crippen molar-refractivity contribution in [1.82, 2.24) is 14.5 Å². The minimum Gasteiger partial charge on any atom is -0.481 e. The van der Waals surface area contributed by atoms with Gasteiger partial charge in [-0.2, -0.15) is 5.10 Å². The molecule has 8 heteroatoms. The van der Waals surface area contributed by atoms with Crippen LogP contribution in [0.2, 0.25) is 0 Å². The molecule has 0 amide bonds. The zero-order chi connectivity index (χ0) is 11.5. The van der Waals surface area contributed by atoms with E-state index in [1.165, 1.54) is 19.4 Å². The van der Waals surface area contributed by atoms with Gasteiger partial charge in [0.25, 0.3) is 0 Å². The van der Waals surface area contributed by atoms with Crippen LogP contribution in [0.5, 0.6) is 0 Å². The van der Waals surface area contributed by atoms with E-state index >= 15 is 0 Å². The van der Waals surface area contributed by atoms with E-state index in [1.807, 2.05) is 0 Å². The summed E-state index contributed by atoms with van der Waals surface area (Å²) < 4.78 is 24.3. The molecule has 0 unspecified atom stereocenters. The Hall–Kier alpha value is -1.41. The highest BCUT2D eigenvalue weighted by Crippen LogP contribution is 2.11. The van der Waals surface area contributed by atoms with Crippen molar-refractivity contribution in [3.05, 3.63) is 12.4 Å². The van der Waals surface area contributed by atoms with Gasteiger partial charge in [-0.25, -0.2) is 12.7 Å². The summed E-state index contributed by atoms with van der Waals surface area (Å²) in [6.45, 7) is -0.0666. The van der Waals surface area contributed by atoms with Gasteiger partial charge in [0, 0.05) is 19.8 Å². The minimum absolute atomic E-state index is 0.0235. The number of rotatable bonds is 5. The summed E-state index contributed by atoms with van der Waals surface area (Å²) >= 11 is 0. The molecule has 0 spiro atoms. The maximum Gasteiger partial charge on any atom is 0.304 e. The monoisotopic (exact) mass is 233 g/mol. The van der Waals surface area contributed by atoms with E-state index in [0.29, 0.717) is 0 Å². The summed E-state index contributed by atoms with van der Waals surface area (Å²) in [5, 5.41) is 14.3. The maximum absolute atomic E-state index is 11.7. The van der Waals surface area contributed by atoms with E-state index in [4.69, 9.17) is 5.11 Å². The standard InChI is InChI=1S/C7H11N3O4S/c1-10(3-2-7(11)12)15(13,14)6-4-8-9-5-6/h4-5H,2-3H2,1H3,(H,8,9)(H,11,12). The van der Waals surface area contributed by atoms with Crippen molar-refractivity contribution in [2.75, 3.05) is 13.6 Å². The van der Waals surface area contributed by atoms with Gasteiger partial charge < -0.3 is 5.11 Å². The summed E-state index contributed by atoms with van der Waals surface area (Å²) in [5.74, 6) is -1.04. The fourth-order valence-electron chi connectivity index (χ4n) is 0.933. The number of carboxylic acids is 1. The van der Waals surface area contributed by atoms with Gasteiger partial charge in [-0.3, -0.25) is 9.89 Å². The molecule has 7 nitrogen and oxygen atoms in total. The highest BCUT2D eigenvalue weighted by molar-refractivity contribution is 7.89. The predicted octanol–water partition coefficient (Wildman–Crippen LogP) is -0.495. The molecule has 0 aliphatic heterocycles. The Balaban J connectivity index is 2.75. The second kappa shape index (κ2) is 4.41. The van der Waals surface area contributed by atoms with Gasteiger partial charge >= 0.3 is 5.97 Å². The van der Waals surface area contributed by atoms with E-state index in [1.54, 1.807) is 0 Å². The van der Waals surface area contributed by atoms with Crippen LogP contribution in [-0.2, 0) is 14.8 Å². The van der Waals surface area contributed by atoms with E-state index in [2.05, 4.69) is 10.2 Å². The summed E-state index contributed by atoms with van der Waals surface area (Å²) in [6, 6.07) is 0. The molecule has 2 N–H and O–H groups in total. The Morgan fingerprint density at radius 1 is 1.67 bits per heavy atom. The lowest BCUT2D eigenvalue weighted by Gasteiger charge is -2.14. The molecule has 1 aromatic heterocycles. The Morgan fingerprint density at radius 3 is 2.80 bits per heavy atom. The van der Waals surface area contributed by atoms with E-state index in [-0.39, 0.29) is 17.9 Å². The number of carbonyl (C=O) groups is 1. The van der Waals surface area contributed by atoms with Crippen LogP contribution >= 0.6 is 0 Å². The van der Waals surface area contributed by atoms with Crippen LogP contribution in [0.25, 0.3) is 0 Å². The van der Waals surface area contributed by atoms with Gasteiger partial charge in [-0.1, -0.05) is 0 Å². The van der Waals surface area contributed by atoms with Gasteiger partial charge in [0.2, 0.25) is 10.0 Å². The summed E-state index contributed by atoms with van der Waals surface area (Å²) in [5.41, 5.74) is 0. The molecule has 84 valence electrons. The smallest absolute Gasteiger partial charge is 0.304 e. The minimum atomic E-state index is -3.62. The highest BCUT2D eigenvalue weighted by atomic mass is 32.2. The van der Waals surface area contributed by atoms with Gasteiger partial charge in [0.1, 0.15) is 4.90 Å². The molecule has 0 aliphatic carbocycles. The van der Waals surface area contributed by atoms with Gasteiger partial charge in [0.15, 0.2) is 0 Å². The van der Waals surface area contributed by atoms with Crippen LogP contribution in [0.1, 0.15) is 6.42 Å². The second-order valence-electron chi connectivity index (χ2n) is 2.90. The molecule has 0 bridgehead atoms. The molecule has 0 radical (unpaired) electrons. The first-order valence-electron chi connectivity index (χ1n) is 4.11. The van der Waals surface area contributed by atoms with Gasteiger partial charge in [0.05, 0.1) is 12.6 Å². The normalized spacial score (nSPS) is 11.9. The number of aromatic amines is 1. The molecule has 0 saturated carbocycles. The lowest BCUT2D eigenvalue weighted by Crippen LogP contribution is -2.28. The zero-order valence-corrected chi connectivity index (χ0v) is 8.86. The summed E-state index contributed by atoms with van der Waals surface area (Å²) in [4.78, 5) is 10.3. The molecule has 0 atom stereocenters. The quantitative estimate of drug-likeness (QED) is 0.714. The first-order valence-corrected chi connectivity index (χ1v) is 5.55. The van der Waals surface area contributed by atoms with Crippen LogP contribution in [0.4, 0.5) is 0 Å². The number of aliphatic carboxylic acids is 1. The number of nitrogens with zero attached hydrogens (tertiary/aromatic N) is 2. The van der Waals surface area contributed by atoms with Gasteiger partial charge in [-0.05, 0) is 0 Å². The number of hydrogen-bond donors (Lipinski definition) is 2. The summed E-state index contributed by atoms with van der Waals surface area (Å²) in [7, 11) is -2.29. The largest absolute Gasteiger partial charge is 0.481 e. The number of carboxylic acid groups (broad SMARTS) is 1. The Kier molecular flexibility index (Phi) is 3.43. The molecule has 15 heavy (non-hydrogen) atoms. The Bertz CT molecular complexity index is 425. The number of H-pyrrole nitrogens is 1. The molecule has 0 fully saturated rings. The molecule has 0 aromatic carbocycles. The van der Waals surface area contributed by atoms with Crippen molar-refractivity contribution >= 4 is 16.0 Å². The van der Waals surface area contributed by atoms with Crippen LogP contribution in [0.15, 0.2) is 17.3 Å². The van der Waals surface area contributed by atoms with Crippen LogP contribution in [0, 0.1) is 0 Å². The Morgan fingerprint density at radius 2 is 2.33 bits per heavy atom. The van der Waals surface area contributed by atoms with Crippen LogP contribution in [0.3, 0.4) is 0 Å². The first-order chi connectivity index (χ1) is 6.94. The number of hydrogen-bond acceptors (Lipinski definition) is 4. The average Bonchev–Trinajstić information content (AvgIpc) is 2.66. The number of sulfonamides is 1. The molecule has 0 aliphatic rings.